The number of amides is 1. The third-order valence-corrected chi connectivity index (χ3v) is 6.15. The Labute approximate surface area is 203 Å². The summed E-state index contributed by atoms with van der Waals surface area (Å²) in [5, 5.41) is 11.5. The van der Waals surface area contributed by atoms with E-state index in [4.69, 9.17) is 4.74 Å². The van der Waals surface area contributed by atoms with Gasteiger partial charge in [-0.3, -0.25) is 14.6 Å². The number of carbonyl (C=O) groups excluding carboxylic acids is 2. The molecule has 1 saturated heterocycles. The molecule has 1 aromatic heterocycles. The van der Waals surface area contributed by atoms with Gasteiger partial charge in [0.05, 0.1) is 24.3 Å². The second-order valence-electron chi connectivity index (χ2n) is 9.50. The van der Waals surface area contributed by atoms with Crippen molar-refractivity contribution in [3.05, 3.63) is 101 Å². The molecular formula is C28H27FN2O4. The van der Waals surface area contributed by atoms with E-state index in [0.717, 1.165) is 11.1 Å². The number of halogens is 1. The highest BCUT2D eigenvalue weighted by atomic mass is 19.1. The summed E-state index contributed by atoms with van der Waals surface area (Å²) in [5.74, 6) is -1.97. The maximum absolute atomic E-state index is 13.7. The minimum atomic E-state index is -0.910. The summed E-state index contributed by atoms with van der Waals surface area (Å²) >= 11 is 0. The lowest BCUT2D eigenvalue weighted by atomic mass is 9.85. The zero-order valence-corrected chi connectivity index (χ0v) is 20.1. The first kappa shape index (κ1) is 24.1. The molecule has 3 aromatic rings. The Morgan fingerprint density at radius 1 is 1.06 bits per heavy atom. The fraction of sp³-hybridized carbons (Fsp3) is 0.250. The number of pyridine rings is 1. The first-order chi connectivity index (χ1) is 16.6. The summed E-state index contributed by atoms with van der Waals surface area (Å²) in [4.78, 5) is 31.9. The van der Waals surface area contributed by atoms with E-state index in [-0.39, 0.29) is 23.3 Å². The average molecular weight is 475 g/mol. The Bertz CT molecular complexity index is 1290. The monoisotopic (exact) mass is 474 g/mol. The van der Waals surface area contributed by atoms with E-state index in [1.165, 1.54) is 36.3 Å². The van der Waals surface area contributed by atoms with Gasteiger partial charge < -0.3 is 14.7 Å². The van der Waals surface area contributed by atoms with Crippen LogP contribution in [0.25, 0.3) is 5.76 Å². The topological polar surface area (TPSA) is 79.7 Å². The van der Waals surface area contributed by atoms with E-state index in [1.807, 2.05) is 26.8 Å². The van der Waals surface area contributed by atoms with Crippen LogP contribution in [0.4, 0.5) is 4.39 Å². The molecule has 0 saturated carbocycles. The van der Waals surface area contributed by atoms with Gasteiger partial charge in [-0.25, -0.2) is 4.39 Å². The molecule has 35 heavy (non-hydrogen) atoms. The molecule has 0 spiro atoms. The number of aliphatic hydroxyl groups is 1. The van der Waals surface area contributed by atoms with Gasteiger partial charge in [0.1, 0.15) is 17.3 Å². The molecule has 7 heteroatoms. The molecule has 1 fully saturated rings. The number of Topliss-reactive ketones (excluding diaryl/α,β-unsaturated/α-hetero) is 1. The zero-order chi connectivity index (χ0) is 25.3. The standard InChI is InChI=1S/C28H27FN2O4/c1-28(2,3)19-7-10-22(35-4)21(15-19)25(32)23-24(18-5-8-20(29)9-6-18)31(27(34)26(23)33)16-17-11-13-30-14-12-17/h5-15,24,32H,16H2,1-4H3/b25-23+. The number of hydrogen-bond donors (Lipinski definition) is 1. The van der Waals surface area contributed by atoms with Crippen LogP contribution in [0, 0.1) is 5.82 Å². The number of aliphatic hydroxyl groups excluding tert-OH is 1. The van der Waals surface area contributed by atoms with Gasteiger partial charge in [0, 0.05) is 18.9 Å². The van der Waals surface area contributed by atoms with E-state index in [1.54, 1.807) is 36.7 Å². The van der Waals surface area contributed by atoms with Crippen molar-refractivity contribution in [1.29, 1.82) is 0 Å². The van der Waals surface area contributed by atoms with Crippen molar-refractivity contribution in [3.8, 4) is 5.75 Å². The Balaban J connectivity index is 1.92. The molecule has 6 nitrogen and oxygen atoms in total. The molecule has 1 unspecified atom stereocenters. The van der Waals surface area contributed by atoms with Crippen molar-refractivity contribution >= 4 is 17.4 Å². The number of aromatic nitrogens is 1. The maximum Gasteiger partial charge on any atom is 0.295 e. The van der Waals surface area contributed by atoms with Gasteiger partial charge in [-0.1, -0.05) is 39.0 Å². The fourth-order valence-electron chi connectivity index (χ4n) is 4.22. The highest BCUT2D eigenvalue weighted by molar-refractivity contribution is 6.46. The number of carbonyl (C=O) groups is 2. The van der Waals surface area contributed by atoms with Gasteiger partial charge in [0.15, 0.2) is 0 Å². The number of hydrogen-bond acceptors (Lipinski definition) is 5. The van der Waals surface area contributed by atoms with Crippen LogP contribution in [-0.2, 0) is 21.5 Å². The lowest BCUT2D eigenvalue weighted by Gasteiger charge is -2.26. The number of methoxy groups -OCH3 is 1. The van der Waals surface area contributed by atoms with E-state index in [0.29, 0.717) is 16.9 Å². The summed E-state index contributed by atoms with van der Waals surface area (Å²) in [6.07, 6.45) is 3.20. The summed E-state index contributed by atoms with van der Waals surface area (Å²) in [6, 6.07) is 13.5. The minimum Gasteiger partial charge on any atom is -0.507 e. The molecule has 1 aliphatic heterocycles. The Morgan fingerprint density at radius 2 is 1.71 bits per heavy atom. The number of ketones is 1. The predicted molar refractivity (Wildman–Crippen MR) is 130 cm³/mol. The smallest absolute Gasteiger partial charge is 0.295 e. The van der Waals surface area contributed by atoms with Crippen LogP contribution in [0.1, 0.15) is 49.1 Å². The summed E-state index contributed by atoms with van der Waals surface area (Å²) in [7, 11) is 1.47. The predicted octanol–water partition coefficient (Wildman–Crippen LogP) is 5.15. The third kappa shape index (κ3) is 4.67. The van der Waals surface area contributed by atoms with Crippen LogP contribution in [0.15, 0.2) is 72.6 Å². The van der Waals surface area contributed by atoms with E-state index in [2.05, 4.69) is 4.98 Å². The Morgan fingerprint density at radius 3 is 2.31 bits per heavy atom. The van der Waals surface area contributed by atoms with E-state index in [9.17, 15) is 19.1 Å². The summed E-state index contributed by atoms with van der Waals surface area (Å²) in [5.41, 5.74) is 2.21. The molecule has 2 aromatic carbocycles. The maximum atomic E-state index is 13.7. The molecule has 180 valence electrons. The number of likely N-dealkylation sites (tertiary alicyclic amines) is 1. The first-order valence-electron chi connectivity index (χ1n) is 11.2. The van der Waals surface area contributed by atoms with Crippen molar-refractivity contribution < 1.29 is 23.8 Å². The highest BCUT2D eigenvalue weighted by Crippen LogP contribution is 2.42. The highest BCUT2D eigenvalue weighted by Gasteiger charge is 2.46. The second-order valence-corrected chi connectivity index (χ2v) is 9.50. The van der Waals surface area contributed by atoms with Crippen LogP contribution in [0.2, 0.25) is 0 Å². The van der Waals surface area contributed by atoms with E-state index < -0.39 is 23.5 Å². The second kappa shape index (κ2) is 9.33. The molecule has 1 aliphatic rings. The van der Waals surface area contributed by atoms with Crippen LogP contribution >= 0.6 is 0 Å². The van der Waals surface area contributed by atoms with Crippen LogP contribution in [0.5, 0.6) is 5.75 Å². The first-order valence-corrected chi connectivity index (χ1v) is 11.2. The van der Waals surface area contributed by atoms with Crippen molar-refractivity contribution in [3.63, 3.8) is 0 Å². The molecule has 1 amide bonds. The van der Waals surface area contributed by atoms with Crippen LogP contribution < -0.4 is 4.74 Å². The Hall–Kier alpha value is -4.00. The average Bonchev–Trinajstić information content (AvgIpc) is 3.08. The lowest BCUT2D eigenvalue weighted by Crippen LogP contribution is -2.29. The van der Waals surface area contributed by atoms with Gasteiger partial charge in [-0.05, 0) is 58.5 Å². The number of rotatable bonds is 5. The SMILES string of the molecule is COc1ccc(C(C)(C)C)cc1/C(O)=C1\C(=O)C(=O)N(Cc2ccncc2)C1c1ccc(F)cc1. The summed E-state index contributed by atoms with van der Waals surface area (Å²) < 4.78 is 19.2. The normalized spacial score (nSPS) is 17.6. The number of benzene rings is 2. The molecule has 0 radical (unpaired) electrons. The largest absolute Gasteiger partial charge is 0.507 e. The van der Waals surface area contributed by atoms with Crippen molar-refractivity contribution in [2.75, 3.05) is 7.11 Å². The van der Waals surface area contributed by atoms with Gasteiger partial charge >= 0.3 is 0 Å². The van der Waals surface area contributed by atoms with Gasteiger partial charge in [0.2, 0.25) is 0 Å². The van der Waals surface area contributed by atoms with Gasteiger partial charge in [-0.15, -0.1) is 0 Å². The molecule has 0 bridgehead atoms. The summed E-state index contributed by atoms with van der Waals surface area (Å²) in [6.45, 7) is 6.21. The fourth-order valence-corrected chi connectivity index (χ4v) is 4.22. The zero-order valence-electron chi connectivity index (χ0n) is 20.1. The third-order valence-electron chi connectivity index (χ3n) is 6.15. The van der Waals surface area contributed by atoms with Gasteiger partial charge in [-0.2, -0.15) is 0 Å². The molecule has 1 N–H and O–H groups in total. The molecule has 2 heterocycles. The van der Waals surface area contributed by atoms with Crippen LogP contribution in [-0.4, -0.2) is 33.8 Å². The van der Waals surface area contributed by atoms with Crippen LogP contribution in [0.3, 0.4) is 0 Å². The Kier molecular flexibility index (Phi) is 6.43. The number of nitrogens with zero attached hydrogens (tertiary/aromatic N) is 2. The molecule has 1 atom stereocenters. The quantitative estimate of drug-likeness (QED) is 0.314. The molecule has 0 aliphatic carbocycles. The van der Waals surface area contributed by atoms with Gasteiger partial charge in [0.25, 0.3) is 11.7 Å². The van der Waals surface area contributed by atoms with Crippen molar-refractivity contribution in [1.82, 2.24) is 9.88 Å². The molecular weight excluding hydrogens is 447 g/mol. The number of ether oxygens (including phenoxy) is 1. The lowest BCUT2D eigenvalue weighted by molar-refractivity contribution is -0.140. The van der Waals surface area contributed by atoms with E-state index >= 15 is 0 Å². The van der Waals surface area contributed by atoms with Crippen molar-refractivity contribution in [2.24, 2.45) is 0 Å². The minimum absolute atomic E-state index is 0.0694. The van der Waals surface area contributed by atoms with Crippen molar-refractivity contribution in [2.45, 2.75) is 38.8 Å². The molecule has 4 rings (SSSR count).